The molecule has 17 heteroatoms. The van der Waals surface area contributed by atoms with Gasteiger partial charge in [0, 0.05) is 20.2 Å². The molecule has 0 spiro atoms. The number of phosphoric acid groups is 1. The third-order valence-corrected chi connectivity index (χ3v) is 11.6. The van der Waals surface area contributed by atoms with Crippen LogP contribution in [0.1, 0.15) is 89.7 Å². The molecule has 1 unspecified atom stereocenters. The first-order valence-corrected chi connectivity index (χ1v) is 22.5. The number of nitrogens with one attached hydrogen (secondary N) is 1. The highest BCUT2D eigenvalue weighted by atomic mass is 32.2. The van der Waals surface area contributed by atoms with E-state index in [1.54, 1.807) is 4.98 Å². The van der Waals surface area contributed by atoms with Crippen LogP contribution in [0.3, 0.4) is 0 Å². The molecular weight excluding hydrogens is 671 g/mol. The molecule has 0 aliphatic carbocycles. The van der Waals surface area contributed by atoms with E-state index in [9.17, 15) is 41.7 Å². The maximum atomic E-state index is 13.8. The molecular formula is C29H51F4N2O8PSSi. The van der Waals surface area contributed by atoms with Crippen LogP contribution in [0.2, 0.25) is 25.7 Å². The number of rotatable bonds is 23. The number of halogens is 4. The topological polar surface area (TPSA) is 140 Å². The van der Waals surface area contributed by atoms with Gasteiger partial charge >= 0.3 is 19.7 Å². The summed E-state index contributed by atoms with van der Waals surface area (Å²) < 4.78 is 82.1. The molecule has 2 rings (SSSR count). The summed E-state index contributed by atoms with van der Waals surface area (Å²) in [6, 6.07) is 1.43. The van der Waals surface area contributed by atoms with Crippen molar-refractivity contribution >= 4 is 27.7 Å². The molecule has 0 amide bonds. The largest absolute Gasteiger partial charge is 0.472 e. The minimum absolute atomic E-state index is 0.258. The van der Waals surface area contributed by atoms with Gasteiger partial charge in [-0.2, -0.15) is 29.3 Å². The number of ether oxygens (including phenoxy) is 1. The summed E-state index contributed by atoms with van der Waals surface area (Å²) in [5, 5.41) is 10.2. The zero-order valence-corrected chi connectivity index (χ0v) is 29.8. The van der Waals surface area contributed by atoms with E-state index in [-0.39, 0.29) is 12.4 Å². The van der Waals surface area contributed by atoms with Crippen molar-refractivity contribution in [2.45, 2.75) is 140 Å². The maximum absolute atomic E-state index is 13.8. The lowest BCUT2D eigenvalue weighted by atomic mass is 10.1. The number of thioether (sulfide) groups is 1. The molecule has 1 fully saturated rings. The van der Waals surface area contributed by atoms with E-state index in [0.29, 0.717) is 10.8 Å². The molecule has 10 nitrogen and oxygen atoms in total. The van der Waals surface area contributed by atoms with Crippen LogP contribution in [-0.4, -0.2) is 70.2 Å². The fraction of sp³-hybridized carbons (Fsp3) is 0.862. The van der Waals surface area contributed by atoms with Crippen molar-refractivity contribution in [1.29, 1.82) is 0 Å². The quantitative estimate of drug-likeness (QED) is 0.0466. The van der Waals surface area contributed by atoms with E-state index < -0.39 is 70.1 Å². The Morgan fingerprint density at radius 3 is 2.11 bits per heavy atom. The van der Waals surface area contributed by atoms with Crippen LogP contribution in [0, 0.1) is 5.82 Å². The Morgan fingerprint density at radius 1 is 1.02 bits per heavy atom. The Bertz CT molecular complexity index is 1200. The normalized spacial score (nSPS) is 21.0. The van der Waals surface area contributed by atoms with E-state index in [2.05, 4.69) is 24.2 Å². The first kappa shape index (κ1) is 41.2. The summed E-state index contributed by atoms with van der Waals surface area (Å²) in [6.45, 7) is 6.94. The number of phosphoric ester groups is 1. The average Bonchev–Trinajstić information content (AvgIpc) is 3.32. The molecule has 268 valence electrons. The van der Waals surface area contributed by atoms with Crippen LogP contribution >= 0.6 is 19.6 Å². The summed E-state index contributed by atoms with van der Waals surface area (Å²) >= 11 is 1.44. The Hall–Kier alpha value is -1.00. The van der Waals surface area contributed by atoms with Gasteiger partial charge < -0.3 is 14.7 Å². The Morgan fingerprint density at radius 2 is 1.57 bits per heavy atom. The Kier molecular flexibility index (Phi) is 17.8. The first-order chi connectivity index (χ1) is 21.5. The van der Waals surface area contributed by atoms with Crippen molar-refractivity contribution in [3.63, 3.8) is 0 Å². The van der Waals surface area contributed by atoms with Crippen molar-refractivity contribution in [3.05, 3.63) is 32.9 Å². The van der Waals surface area contributed by atoms with Gasteiger partial charge in [0.15, 0.2) is 6.10 Å². The van der Waals surface area contributed by atoms with Gasteiger partial charge in [-0.25, -0.2) is 9.36 Å². The average molecular weight is 723 g/mol. The molecule has 0 radical (unpaired) electrons. The minimum Gasteiger partial charge on any atom is -0.390 e. The molecule has 5 atom stereocenters. The van der Waals surface area contributed by atoms with E-state index in [1.807, 2.05) is 0 Å². The summed E-state index contributed by atoms with van der Waals surface area (Å²) in [5.41, 5.74) is -2.52. The molecule has 1 aliphatic rings. The number of aliphatic hydroxyl groups is 1. The van der Waals surface area contributed by atoms with Crippen LogP contribution in [0.4, 0.5) is 17.6 Å². The molecule has 1 aliphatic heterocycles. The fourth-order valence-corrected chi connectivity index (χ4v) is 8.37. The van der Waals surface area contributed by atoms with Gasteiger partial charge in [-0.05, 0) is 12.2 Å². The number of unbranched alkanes of at least 4 members (excludes halogenated alkanes) is 11. The summed E-state index contributed by atoms with van der Waals surface area (Å²) in [6.07, 6.45) is 0.549. The van der Waals surface area contributed by atoms with Crippen molar-refractivity contribution in [3.8, 4) is 0 Å². The van der Waals surface area contributed by atoms with Gasteiger partial charge in [0.05, 0.1) is 18.9 Å². The van der Waals surface area contributed by atoms with E-state index in [0.717, 1.165) is 25.0 Å². The zero-order chi connectivity index (χ0) is 34.4. The van der Waals surface area contributed by atoms with Crippen LogP contribution in [0.5, 0.6) is 0 Å². The van der Waals surface area contributed by atoms with E-state index >= 15 is 0 Å². The third kappa shape index (κ3) is 15.9. The highest BCUT2D eigenvalue weighted by molar-refractivity contribution is 7.99. The van der Waals surface area contributed by atoms with Gasteiger partial charge in [0.1, 0.15) is 12.3 Å². The fourth-order valence-electron chi connectivity index (χ4n) is 5.22. The van der Waals surface area contributed by atoms with Crippen LogP contribution in [0.25, 0.3) is 0 Å². The molecule has 46 heavy (non-hydrogen) atoms. The number of alkyl halides is 3. The number of hydrogen-bond donors (Lipinski definition) is 3. The van der Waals surface area contributed by atoms with Gasteiger partial charge in [-0.15, -0.1) is 0 Å². The van der Waals surface area contributed by atoms with Crippen molar-refractivity contribution in [1.82, 2.24) is 9.55 Å². The SMILES string of the molecule is C[Si](C)(C)CCCCCCCCCCCCCCSCCOP(=O)(O)O[C@@H]([C@H]1O[C@@H](n2cc(F)c(=O)[nH]c2=O)C[C@@H]1O)C(F)(F)F. The minimum atomic E-state index is -5.27. The van der Waals surface area contributed by atoms with Gasteiger partial charge in [0.25, 0.3) is 5.56 Å². The second-order valence-corrected chi connectivity index (χ2v) is 21.3. The van der Waals surface area contributed by atoms with Crippen LogP contribution < -0.4 is 11.2 Å². The lowest BCUT2D eigenvalue weighted by molar-refractivity contribution is -0.240. The van der Waals surface area contributed by atoms with Crippen LogP contribution in [0.15, 0.2) is 15.8 Å². The van der Waals surface area contributed by atoms with Gasteiger partial charge in [-0.3, -0.25) is 23.4 Å². The van der Waals surface area contributed by atoms with Crippen molar-refractivity contribution < 1.29 is 45.9 Å². The smallest absolute Gasteiger partial charge is 0.390 e. The number of H-pyrrole nitrogens is 1. The Balaban J connectivity index is 1.60. The van der Waals surface area contributed by atoms with Gasteiger partial charge in [0.2, 0.25) is 5.82 Å². The molecule has 0 saturated carbocycles. The number of aromatic amines is 1. The van der Waals surface area contributed by atoms with E-state index in [4.69, 9.17) is 9.26 Å². The van der Waals surface area contributed by atoms with Crippen LogP contribution in [-0.2, 0) is 18.3 Å². The summed E-state index contributed by atoms with van der Waals surface area (Å²) in [4.78, 5) is 34.8. The third-order valence-electron chi connectivity index (χ3n) is 7.69. The predicted molar refractivity (Wildman–Crippen MR) is 173 cm³/mol. The lowest BCUT2D eigenvalue weighted by Crippen LogP contribution is -2.46. The number of nitrogens with zero attached hydrogens (tertiary/aromatic N) is 1. The number of hydrogen-bond acceptors (Lipinski definition) is 8. The molecule has 2 heterocycles. The lowest BCUT2D eigenvalue weighted by Gasteiger charge is -2.28. The van der Waals surface area contributed by atoms with E-state index in [1.165, 1.54) is 75.6 Å². The molecule has 1 saturated heterocycles. The highest BCUT2D eigenvalue weighted by Crippen LogP contribution is 2.50. The molecule has 0 aromatic carbocycles. The summed E-state index contributed by atoms with van der Waals surface area (Å²) in [7, 11) is -6.13. The number of aromatic nitrogens is 2. The molecule has 1 aromatic rings. The predicted octanol–water partition coefficient (Wildman–Crippen LogP) is 7.14. The number of aliphatic hydroxyl groups excluding tert-OH is 1. The molecule has 0 bridgehead atoms. The summed E-state index contributed by atoms with van der Waals surface area (Å²) in [5.74, 6) is -0.365. The second kappa shape index (κ2) is 19.9. The maximum Gasteiger partial charge on any atom is 0.472 e. The first-order valence-electron chi connectivity index (χ1n) is 16.1. The zero-order valence-electron chi connectivity index (χ0n) is 27.1. The second-order valence-electron chi connectivity index (χ2n) is 13.0. The van der Waals surface area contributed by atoms with Gasteiger partial charge in [-0.1, -0.05) is 96.3 Å². The Labute approximate surface area is 273 Å². The highest BCUT2D eigenvalue weighted by Gasteiger charge is 2.55. The standard InChI is InChI=1S/C29H51F4N2O8PSSi/c1-46(2,3)19-15-13-11-9-7-5-4-6-8-10-12-14-17-45-18-16-41-44(39,40)43-26(29(31,32)33)25-23(36)20-24(42-25)35-21-22(30)27(37)34-28(35)38/h21,23-26,36H,4-20H2,1-3H3,(H,39,40)(H,34,37,38)/t23-,24+,25-,26-/m0/s1. The monoisotopic (exact) mass is 722 g/mol. The van der Waals surface area contributed by atoms with Crippen molar-refractivity contribution in [2.75, 3.05) is 18.1 Å². The molecule has 3 N–H and O–H groups in total. The van der Waals surface area contributed by atoms with Crippen molar-refractivity contribution in [2.24, 2.45) is 0 Å². The molecule has 1 aromatic heterocycles.